The van der Waals surface area contributed by atoms with Gasteiger partial charge in [0.15, 0.2) is 5.17 Å². The third kappa shape index (κ3) is 3.21. The van der Waals surface area contributed by atoms with Crippen LogP contribution in [0.5, 0.6) is 0 Å². The fraction of sp³-hybridized carbons (Fsp3) is 0.571. The third-order valence-electron chi connectivity index (χ3n) is 3.59. The zero-order valence-corrected chi connectivity index (χ0v) is 11.8. The van der Waals surface area contributed by atoms with Crippen LogP contribution in [0.15, 0.2) is 21.5 Å². The van der Waals surface area contributed by atoms with E-state index in [9.17, 15) is 4.79 Å². The highest BCUT2D eigenvalue weighted by Gasteiger charge is 2.36. The van der Waals surface area contributed by atoms with Crippen molar-refractivity contribution in [2.24, 2.45) is 10.9 Å². The number of hydrogen-bond donors (Lipinski definition) is 1. The highest BCUT2D eigenvalue weighted by Crippen LogP contribution is 2.47. The average molecular weight is 278 g/mol. The maximum absolute atomic E-state index is 11.7. The summed E-state index contributed by atoms with van der Waals surface area (Å²) in [5.41, 5.74) is 0. The van der Waals surface area contributed by atoms with E-state index in [-0.39, 0.29) is 5.91 Å². The zero-order valence-electron chi connectivity index (χ0n) is 11.0. The predicted octanol–water partition coefficient (Wildman–Crippen LogP) is 2.55. The van der Waals surface area contributed by atoms with E-state index >= 15 is 0 Å². The Hall–Kier alpha value is -1.23. The highest BCUT2D eigenvalue weighted by atomic mass is 32.2. The molecule has 1 amide bonds. The van der Waals surface area contributed by atoms with Crippen molar-refractivity contribution >= 4 is 22.8 Å². The Morgan fingerprint density at radius 1 is 1.58 bits per heavy atom. The van der Waals surface area contributed by atoms with Gasteiger partial charge in [0.2, 0.25) is 5.91 Å². The Kier molecular flexibility index (Phi) is 3.64. The topological polar surface area (TPSA) is 54.6 Å². The minimum absolute atomic E-state index is 0.0193. The van der Waals surface area contributed by atoms with Crippen LogP contribution in [0.1, 0.15) is 37.2 Å². The minimum Gasteiger partial charge on any atom is -0.466 e. The average Bonchev–Trinajstić information content (AvgIpc) is 2.87. The van der Waals surface area contributed by atoms with E-state index < -0.39 is 0 Å². The van der Waals surface area contributed by atoms with Crippen molar-refractivity contribution in [3.63, 3.8) is 0 Å². The molecule has 1 aliphatic heterocycles. The Morgan fingerprint density at radius 2 is 2.42 bits per heavy atom. The van der Waals surface area contributed by atoms with Crippen LogP contribution in [0, 0.1) is 5.92 Å². The van der Waals surface area contributed by atoms with Crippen molar-refractivity contribution < 1.29 is 9.21 Å². The molecule has 5 heteroatoms. The summed E-state index contributed by atoms with van der Waals surface area (Å²) >= 11 is 1.60. The Morgan fingerprint density at radius 3 is 3.11 bits per heavy atom. The molecule has 4 nitrogen and oxygen atoms in total. The first-order valence-corrected chi connectivity index (χ1v) is 7.76. The molecule has 2 heterocycles. The van der Waals surface area contributed by atoms with Gasteiger partial charge >= 0.3 is 0 Å². The number of thioether (sulfide) groups is 1. The lowest BCUT2D eigenvalue weighted by atomic mass is 10.2. The highest BCUT2D eigenvalue weighted by molar-refractivity contribution is 8.14. The lowest BCUT2D eigenvalue weighted by Gasteiger charge is -2.02. The molecule has 0 bridgehead atoms. The number of hydrogen-bond acceptors (Lipinski definition) is 4. The number of aryl methyl sites for hydroxylation is 1. The molecule has 0 spiro atoms. The number of nitrogens with one attached hydrogen (secondary N) is 1. The van der Waals surface area contributed by atoms with E-state index in [1.54, 1.807) is 11.8 Å². The van der Waals surface area contributed by atoms with Gasteiger partial charge in [0.1, 0.15) is 11.5 Å². The van der Waals surface area contributed by atoms with Gasteiger partial charge in [0.05, 0.1) is 6.54 Å². The molecule has 2 unspecified atom stereocenters. The van der Waals surface area contributed by atoms with Crippen molar-refractivity contribution in [3.05, 3.63) is 23.7 Å². The molecule has 0 aromatic carbocycles. The van der Waals surface area contributed by atoms with Gasteiger partial charge in [-0.2, -0.15) is 0 Å². The number of carbonyl (C=O) groups is 1. The summed E-state index contributed by atoms with van der Waals surface area (Å²) in [6.07, 6.45) is 2.34. The van der Waals surface area contributed by atoms with Crippen LogP contribution in [0.3, 0.4) is 0 Å². The van der Waals surface area contributed by atoms with E-state index in [0.717, 1.165) is 34.9 Å². The quantitative estimate of drug-likeness (QED) is 0.921. The van der Waals surface area contributed by atoms with Crippen LogP contribution in [0.25, 0.3) is 0 Å². The van der Waals surface area contributed by atoms with Gasteiger partial charge in [-0.05, 0) is 24.5 Å². The van der Waals surface area contributed by atoms with Crippen molar-refractivity contribution in [3.8, 4) is 0 Å². The van der Waals surface area contributed by atoms with E-state index in [0.29, 0.717) is 18.8 Å². The molecule has 19 heavy (non-hydrogen) atoms. The first kappa shape index (κ1) is 12.8. The minimum atomic E-state index is 0.0193. The maximum atomic E-state index is 11.7. The molecular weight excluding hydrogens is 260 g/mol. The SMILES string of the molecule is CC1CC1c1ccc(CCC(=O)NC2=NCCS2)o1. The van der Waals surface area contributed by atoms with Crippen LogP contribution in [-0.2, 0) is 11.2 Å². The van der Waals surface area contributed by atoms with Crippen LogP contribution < -0.4 is 5.32 Å². The molecule has 1 aliphatic carbocycles. The summed E-state index contributed by atoms with van der Waals surface area (Å²) in [6, 6.07) is 4.05. The molecule has 1 saturated carbocycles. The summed E-state index contributed by atoms with van der Waals surface area (Å²) in [5.74, 6) is 4.33. The second-order valence-corrected chi connectivity index (χ2v) is 6.29. The zero-order chi connectivity index (χ0) is 13.2. The molecule has 1 N–H and O–H groups in total. The fourth-order valence-corrected chi connectivity index (χ4v) is 3.02. The van der Waals surface area contributed by atoms with Crippen LogP contribution in [0.2, 0.25) is 0 Å². The molecule has 0 radical (unpaired) electrons. The Bertz CT molecular complexity index is 509. The Labute approximate surface area is 117 Å². The van der Waals surface area contributed by atoms with E-state index in [1.165, 1.54) is 6.42 Å². The molecule has 2 atom stereocenters. The predicted molar refractivity (Wildman–Crippen MR) is 76.5 cm³/mol. The second kappa shape index (κ2) is 5.41. The third-order valence-corrected chi connectivity index (χ3v) is 4.48. The molecule has 0 saturated heterocycles. The number of aliphatic imine (C=N–C) groups is 1. The molecular formula is C14H18N2O2S. The van der Waals surface area contributed by atoms with Gasteiger partial charge in [-0.15, -0.1) is 0 Å². The van der Waals surface area contributed by atoms with Crippen LogP contribution >= 0.6 is 11.8 Å². The van der Waals surface area contributed by atoms with Crippen LogP contribution in [0.4, 0.5) is 0 Å². The van der Waals surface area contributed by atoms with Gasteiger partial charge in [-0.1, -0.05) is 18.7 Å². The number of furan rings is 1. The molecule has 1 aromatic heterocycles. The van der Waals surface area contributed by atoms with E-state index in [2.05, 4.69) is 23.3 Å². The molecule has 1 fully saturated rings. The summed E-state index contributed by atoms with van der Waals surface area (Å²) in [4.78, 5) is 15.9. The van der Waals surface area contributed by atoms with Gasteiger partial charge in [0, 0.05) is 24.5 Å². The van der Waals surface area contributed by atoms with Crippen LogP contribution in [-0.4, -0.2) is 23.4 Å². The lowest BCUT2D eigenvalue weighted by Crippen LogP contribution is -2.27. The summed E-state index contributed by atoms with van der Waals surface area (Å²) in [6.45, 7) is 3.04. The first-order valence-electron chi connectivity index (χ1n) is 6.78. The molecule has 3 rings (SSSR count). The normalized spacial score (nSPS) is 25.2. The number of rotatable bonds is 4. The number of nitrogens with zero attached hydrogens (tertiary/aromatic N) is 1. The Balaban J connectivity index is 1.46. The maximum Gasteiger partial charge on any atom is 0.226 e. The van der Waals surface area contributed by atoms with Crippen molar-refractivity contribution in [1.82, 2.24) is 5.32 Å². The van der Waals surface area contributed by atoms with Crippen molar-refractivity contribution in [1.29, 1.82) is 0 Å². The smallest absolute Gasteiger partial charge is 0.226 e. The van der Waals surface area contributed by atoms with Gasteiger partial charge in [-0.25, -0.2) is 0 Å². The van der Waals surface area contributed by atoms with Gasteiger partial charge in [0.25, 0.3) is 0 Å². The number of amidine groups is 1. The summed E-state index contributed by atoms with van der Waals surface area (Å²) < 4.78 is 5.78. The summed E-state index contributed by atoms with van der Waals surface area (Å²) in [7, 11) is 0. The van der Waals surface area contributed by atoms with Gasteiger partial charge in [-0.3, -0.25) is 9.79 Å². The first-order chi connectivity index (χ1) is 9.22. The number of carbonyl (C=O) groups excluding carboxylic acids is 1. The molecule has 102 valence electrons. The molecule has 1 aromatic rings. The largest absolute Gasteiger partial charge is 0.466 e. The van der Waals surface area contributed by atoms with Crippen molar-refractivity contribution in [2.75, 3.05) is 12.3 Å². The second-order valence-electron chi connectivity index (χ2n) is 5.21. The van der Waals surface area contributed by atoms with E-state index in [4.69, 9.17) is 4.42 Å². The van der Waals surface area contributed by atoms with E-state index in [1.807, 2.05) is 6.07 Å². The standard InChI is InChI=1S/C14H18N2O2S/c1-9-8-11(9)12-4-2-10(18-12)3-5-13(17)16-14-15-6-7-19-14/h2,4,9,11H,3,5-8H2,1H3,(H,15,16,17). The lowest BCUT2D eigenvalue weighted by molar-refractivity contribution is -0.119. The fourth-order valence-electron chi connectivity index (χ4n) is 2.28. The van der Waals surface area contributed by atoms with Crippen molar-refractivity contribution in [2.45, 2.75) is 32.1 Å². The van der Waals surface area contributed by atoms with Gasteiger partial charge < -0.3 is 9.73 Å². The number of amides is 1. The monoisotopic (exact) mass is 278 g/mol. The summed E-state index contributed by atoms with van der Waals surface area (Å²) in [5, 5.41) is 3.59. The molecule has 2 aliphatic rings.